The van der Waals surface area contributed by atoms with E-state index in [4.69, 9.17) is 21.1 Å². The lowest BCUT2D eigenvalue weighted by molar-refractivity contribution is 0.101. The first-order valence-electron chi connectivity index (χ1n) is 8.06. The molecule has 0 aliphatic carbocycles. The number of carbonyl (C=O) groups excluding carboxylic acids is 2. The number of amides is 2. The van der Waals surface area contributed by atoms with Gasteiger partial charge in [-0.25, -0.2) is 4.98 Å². The van der Waals surface area contributed by atoms with Crippen LogP contribution in [-0.4, -0.2) is 31.0 Å². The zero-order chi connectivity index (χ0) is 20.1. The Morgan fingerprint density at radius 3 is 2.43 bits per heavy atom. The van der Waals surface area contributed by atoms with E-state index in [1.165, 1.54) is 7.11 Å². The SMILES string of the molecule is COc1ccc(NC(=O)c2csc(NC(=O)c3ccc(Cl)cc3)n2)c(OC)c1. The number of hydrogen-bond donors (Lipinski definition) is 2. The highest BCUT2D eigenvalue weighted by atomic mass is 35.5. The second kappa shape index (κ2) is 8.73. The van der Waals surface area contributed by atoms with Gasteiger partial charge in [0.05, 0.1) is 19.9 Å². The molecule has 0 bridgehead atoms. The van der Waals surface area contributed by atoms with Crippen LogP contribution in [0.15, 0.2) is 47.8 Å². The number of carbonyl (C=O) groups is 2. The lowest BCUT2D eigenvalue weighted by Crippen LogP contribution is -2.14. The van der Waals surface area contributed by atoms with Crippen LogP contribution in [0.1, 0.15) is 20.8 Å². The molecule has 0 aliphatic rings. The average molecular weight is 418 g/mol. The fraction of sp³-hybridized carbons (Fsp3) is 0.105. The van der Waals surface area contributed by atoms with E-state index in [1.807, 2.05) is 0 Å². The van der Waals surface area contributed by atoms with Gasteiger partial charge in [-0.2, -0.15) is 0 Å². The van der Waals surface area contributed by atoms with Crippen LogP contribution in [0.2, 0.25) is 5.02 Å². The summed E-state index contributed by atoms with van der Waals surface area (Å²) in [6, 6.07) is 11.5. The van der Waals surface area contributed by atoms with E-state index in [9.17, 15) is 9.59 Å². The van der Waals surface area contributed by atoms with Gasteiger partial charge in [0.15, 0.2) is 5.13 Å². The second-order valence-electron chi connectivity index (χ2n) is 5.52. The van der Waals surface area contributed by atoms with E-state index in [0.29, 0.717) is 32.9 Å². The van der Waals surface area contributed by atoms with E-state index in [0.717, 1.165) is 11.3 Å². The molecule has 2 amide bonds. The van der Waals surface area contributed by atoms with E-state index in [2.05, 4.69) is 15.6 Å². The minimum atomic E-state index is -0.424. The maximum atomic E-state index is 12.5. The van der Waals surface area contributed by atoms with Crippen molar-refractivity contribution < 1.29 is 19.1 Å². The van der Waals surface area contributed by atoms with Gasteiger partial charge in [0, 0.05) is 22.0 Å². The van der Waals surface area contributed by atoms with Crippen molar-refractivity contribution in [2.45, 2.75) is 0 Å². The topological polar surface area (TPSA) is 89.6 Å². The van der Waals surface area contributed by atoms with Crippen LogP contribution in [0.3, 0.4) is 0 Å². The Labute approximate surface area is 170 Å². The number of rotatable bonds is 6. The lowest BCUT2D eigenvalue weighted by atomic mass is 10.2. The largest absolute Gasteiger partial charge is 0.497 e. The monoisotopic (exact) mass is 417 g/mol. The first kappa shape index (κ1) is 19.7. The number of aromatic nitrogens is 1. The van der Waals surface area contributed by atoms with E-state index in [-0.39, 0.29) is 11.6 Å². The van der Waals surface area contributed by atoms with Gasteiger partial charge in [-0.15, -0.1) is 11.3 Å². The molecule has 7 nitrogen and oxygen atoms in total. The van der Waals surface area contributed by atoms with Crippen LogP contribution in [0.25, 0.3) is 0 Å². The van der Waals surface area contributed by atoms with E-state index in [1.54, 1.807) is 55.0 Å². The van der Waals surface area contributed by atoms with Gasteiger partial charge in [0.2, 0.25) is 0 Å². The lowest BCUT2D eigenvalue weighted by Gasteiger charge is -2.10. The van der Waals surface area contributed by atoms with Gasteiger partial charge in [0.25, 0.3) is 11.8 Å². The highest BCUT2D eigenvalue weighted by Gasteiger charge is 2.15. The number of nitrogens with zero attached hydrogens (tertiary/aromatic N) is 1. The summed E-state index contributed by atoms with van der Waals surface area (Å²) in [6.07, 6.45) is 0. The van der Waals surface area contributed by atoms with Crippen LogP contribution in [-0.2, 0) is 0 Å². The zero-order valence-corrected chi connectivity index (χ0v) is 16.6. The summed E-state index contributed by atoms with van der Waals surface area (Å²) in [5, 5.41) is 7.80. The molecule has 0 aliphatic heterocycles. The van der Waals surface area contributed by atoms with Gasteiger partial charge >= 0.3 is 0 Å². The highest BCUT2D eigenvalue weighted by Crippen LogP contribution is 2.29. The molecule has 0 unspecified atom stereocenters. The second-order valence-corrected chi connectivity index (χ2v) is 6.81. The number of anilines is 2. The summed E-state index contributed by atoms with van der Waals surface area (Å²) in [6.45, 7) is 0. The van der Waals surface area contributed by atoms with Crippen molar-refractivity contribution in [1.29, 1.82) is 0 Å². The molecule has 3 aromatic rings. The van der Waals surface area contributed by atoms with Crippen molar-refractivity contribution in [3.8, 4) is 11.5 Å². The Hall–Kier alpha value is -3.10. The molecule has 0 spiro atoms. The van der Waals surface area contributed by atoms with Crippen LogP contribution in [0.4, 0.5) is 10.8 Å². The van der Waals surface area contributed by atoms with Crippen LogP contribution in [0, 0.1) is 0 Å². The maximum Gasteiger partial charge on any atom is 0.275 e. The van der Waals surface area contributed by atoms with Gasteiger partial charge in [-0.3, -0.25) is 14.9 Å². The highest BCUT2D eigenvalue weighted by molar-refractivity contribution is 7.14. The normalized spacial score (nSPS) is 10.2. The van der Waals surface area contributed by atoms with Gasteiger partial charge < -0.3 is 14.8 Å². The van der Waals surface area contributed by atoms with E-state index >= 15 is 0 Å². The van der Waals surface area contributed by atoms with Gasteiger partial charge in [-0.05, 0) is 36.4 Å². The molecular formula is C19H16ClN3O4S. The molecule has 0 saturated carbocycles. The third-order valence-electron chi connectivity index (χ3n) is 3.72. The summed E-state index contributed by atoms with van der Waals surface area (Å²) in [5.74, 6) is 0.302. The van der Waals surface area contributed by atoms with Gasteiger partial charge in [-0.1, -0.05) is 11.6 Å². The summed E-state index contributed by atoms with van der Waals surface area (Å²) in [5.41, 5.74) is 1.09. The number of nitrogens with one attached hydrogen (secondary N) is 2. The van der Waals surface area contributed by atoms with Crippen molar-refractivity contribution in [3.63, 3.8) is 0 Å². The third-order valence-corrected chi connectivity index (χ3v) is 4.73. The van der Waals surface area contributed by atoms with Crippen molar-refractivity contribution in [2.75, 3.05) is 24.9 Å². The first-order chi connectivity index (χ1) is 13.5. The Morgan fingerprint density at radius 1 is 1.00 bits per heavy atom. The summed E-state index contributed by atoms with van der Waals surface area (Å²) in [4.78, 5) is 28.8. The predicted molar refractivity (Wildman–Crippen MR) is 109 cm³/mol. The van der Waals surface area contributed by atoms with Gasteiger partial charge in [0.1, 0.15) is 17.2 Å². The molecule has 0 atom stereocenters. The standard InChI is InChI=1S/C19H16ClN3O4S/c1-26-13-7-8-14(16(9-13)27-2)21-18(25)15-10-28-19(22-15)23-17(24)11-3-5-12(20)6-4-11/h3-10H,1-2H3,(H,21,25)(H,22,23,24). The van der Waals surface area contributed by atoms with E-state index < -0.39 is 5.91 Å². The zero-order valence-electron chi connectivity index (χ0n) is 15.0. The van der Waals surface area contributed by atoms with Crippen LogP contribution >= 0.6 is 22.9 Å². The van der Waals surface area contributed by atoms with Crippen molar-refractivity contribution in [2.24, 2.45) is 0 Å². The number of benzene rings is 2. The summed E-state index contributed by atoms with van der Waals surface area (Å²) in [7, 11) is 3.04. The first-order valence-corrected chi connectivity index (χ1v) is 9.31. The quantitative estimate of drug-likeness (QED) is 0.623. The van der Waals surface area contributed by atoms with Crippen LogP contribution < -0.4 is 20.1 Å². The molecule has 0 fully saturated rings. The van der Waals surface area contributed by atoms with Crippen LogP contribution in [0.5, 0.6) is 11.5 Å². The average Bonchev–Trinajstić information content (AvgIpc) is 3.17. The molecule has 0 radical (unpaired) electrons. The molecule has 144 valence electrons. The summed E-state index contributed by atoms with van der Waals surface area (Å²) < 4.78 is 10.4. The molecule has 28 heavy (non-hydrogen) atoms. The molecule has 0 saturated heterocycles. The Bertz CT molecular complexity index is 1000. The fourth-order valence-corrected chi connectivity index (χ4v) is 3.11. The minimum absolute atomic E-state index is 0.175. The predicted octanol–water partition coefficient (Wildman–Crippen LogP) is 4.32. The van der Waals surface area contributed by atoms with Crippen molar-refractivity contribution in [3.05, 3.63) is 64.1 Å². The Morgan fingerprint density at radius 2 is 1.75 bits per heavy atom. The number of thiazole rings is 1. The molecule has 1 heterocycles. The number of halogens is 1. The maximum absolute atomic E-state index is 12.5. The Kier molecular flexibility index (Phi) is 6.13. The Balaban J connectivity index is 1.69. The molecule has 3 rings (SSSR count). The summed E-state index contributed by atoms with van der Waals surface area (Å²) >= 11 is 6.97. The number of hydrogen-bond acceptors (Lipinski definition) is 6. The molecule has 2 aromatic carbocycles. The smallest absolute Gasteiger partial charge is 0.275 e. The third kappa shape index (κ3) is 4.59. The fourth-order valence-electron chi connectivity index (χ4n) is 2.29. The molecular weight excluding hydrogens is 402 g/mol. The number of ether oxygens (including phenoxy) is 2. The van der Waals surface area contributed by atoms with Crippen molar-refractivity contribution >= 4 is 45.6 Å². The molecule has 9 heteroatoms. The van der Waals surface area contributed by atoms with Crippen molar-refractivity contribution in [1.82, 2.24) is 4.98 Å². The number of methoxy groups -OCH3 is 2. The minimum Gasteiger partial charge on any atom is -0.497 e. The molecule has 2 N–H and O–H groups in total. The molecule has 1 aromatic heterocycles.